The van der Waals surface area contributed by atoms with E-state index in [-0.39, 0.29) is 10.6 Å². The summed E-state index contributed by atoms with van der Waals surface area (Å²) in [4.78, 5) is 14.3. The minimum absolute atomic E-state index is 0.209. The van der Waals surface area contributed by atoms with Gasteiger partial charge in [0, 0.05) is 19.6 Å². The van der Waals surface area contributed by atoms with Crippen molar-refractivity contribution in [2.45, 2.75) is 32.7 Å². The fourth-order valence-corrected chi connectivity index (χ4v) is 2.87. The van der Waals surface area contributed by atoms with Crippen molar-refractivity contribution in [1.29, 1.82) is 0 Å². The molecule has 0 radical (unpaired) electrons. The van der Waals surface area contributed by atoms with Crippen LogP contribution in [0, 0.1) is 5.92 Å². The summed E-state index contributed by atoms with van der Waals surface area (Å²) in [5.74, 6) is 0.600. The highest BCUT2D eigenvalue weighted by Gasteiger charge is 2.17. The monoisotopic (exact) mass is 298 g/mol. The zero-order valence-corrected chi connectivity index (χ0v) is 13.0. The molecule has 1 unspecified atom stereocenters. The quantitative estimate of drug-likeness (QED) is 0.904. The number of hydrogen-bond donors (Lipinski definition) is 1. The second-order valence-electron chi connectivity index (χ2n) is 5.55. The number of aryl methyl sites for hydroxylation is 1. The molecule has 1 atom stereocenters. The Hall–Kier alpha value is -1.07. The predicted molar refractivity (Wildman–Crippen MR) is 82.5 cm³/mol. The minimum atomic E-state index is -0.209. The van der Waals surface area contributed by atoms with E-state index in [9.17, 15) is 4.79 Å². The molecule has 0 aliphatic carbocycles. The topological polar surface area (TPSA) is 50.2 Å². The number of likely N-dealkylation sites (tertiary alicyclic amines) is 1. The van der Waals surface area contributed by atoms with Gasteiger partial charge in [0.05, 0.1) is 11.9 Å². The molecule has 2 heterocycles. The van der Waals surface area contributed by atoms with E-state index < -0.39 is 0 Å². The lowest BCUT2D eigenvalue weighted by molar-refractivity contribution is 0.217. The zero-order valence-electron chi connectivity index (χ0n) is 12.2. The molecule has 1 aromatic rings. The first-order chi connectivity index (χ1) is 9.61. The van der Waals surface area contributed by atoms with Crippen LogP contribution in [0.3, 0.4) is 0 Å². The van der Waals surface area contributed by atoms with E-state index >= 15 is 0 Å². The van der Waals surface area contributed by atoms with Gasteiger partial charge in [0.15, 0.2) is 0 Å². The van der Waals surface area contributed by atoms with Crippen molar-refractivity contribution in [3.05, 3.63) is 21.6 Å². The van der Waals surface area contributed by atoms with Gasteiger partial charge in [-0.3, -0.25) is 4.79 Å². The fourth-order valence-electron chi connectivity index (χ4n) is 2.65. The molecule has 1 N–H and O–H groups in total. The Morgan fingerprint density at radius 1 is 1.55 bits per heavy atom. The van der Waals surface area contributed by atoms with Gasteiger partial charge in [-0.2, -0.15) is 5.10 Å². The summed E-state index contributed by atoms with van der Waals surface area (Å²) in [5.41, 5.74) is 0.441. The second-order valence-corrected chi connectivity index (χ2v) is 5.93. The Bertz CT molecular complexity index is 502. The van der Waals surface area contributed by atoms with Gasteiger partial charge >= 0.3 is 0 Å². The molecule has 2 rings (SSSR count). The maximum atomic E-state index is 12.0. The summed E-state index contributed by atoms with van der Waals surface area (Å²) in [7, 11) is 2.15. The van der Waals surface area contributed by atoms with Gasteiger partial charge in [0.1, 0.15) is 5.02 Å². The first-order valence-corrected chi connectivity index (χ1v) is 7.67. The summed E-state index contributed by atoms with van der Waals surface area (Å²) in [6.07, 6.45) is 4.97. The summed E-state index contributed by atoms with van der Waals surface area (Å²) in [6, 6.07) is 0. The summed E-state index contributed by atoms with van der Waals surface area (Å²) in [6.45, 7) is 5.71. The van der Waals surface area contributed by atoms with Crippen molar-refractivity contribution in [2.75, 3.05) is 32.0 Å². The van der Waals surface area contributed by atoms with E-state index in [4.69, 9.17) is 11.6 Å². The molecule has 0 aromatic carbocycles. The van der Waals surface area contributed by atoms with E-state index in [1.807, 2.05) is 6.92 Å². The van der Waals surface area contributed by atoms with Crippen LogP contribution in [0.25, 0.3) is 0 Å². The van der Waals surface area contributed by atoms with Gasteiger partial charge in [-0.25, -0.2) is 4.68 Å². The molecule has 5 nitrogen and oxygen atoms in total. The molecule has 1 aliphatic rings. The van der Waals surface area contributed by atoms with E-state index in [0.717, 1.165) is 19.5 Å². The van der Waals surface area contributed by atoms with Gasteiger partial charge in [-0.1, -0.05) is 18.5 Å². The first kappa shape index (κ1) is 15.3. The van der Waals surface area contributed by atoms with Crippen LogP contribution in [-0.2, 0) is 6.54 Å². The Labute approximate surface area is 124 Å². The molecule has 1 saturated heterocycles. The van der Waals surface area contributed by atoms with Gasteiger partial charge in [-0.05, 0) is 38.8 Å². The van der Waals surface area contributed by atoms with Gasteiger partial charge < -0.3 is 10.2 Å². The lowest BCUT2D eigenvalue weighted by atomic mass is 9.98. The Balaban J connectivity index is 1.99. The standard InChI is InChI=1S/C14H23ClN4O/c1-3-6-19-14(20)13(15)12(9-17-19)16-8-11-5-4-7-18(2)10-11/h9,11,16H,3-8,10H2,1-2H3. The average molecular weight is 299 g/mol. The van der Waals surface area contributed by atoms with E-state index in [1.54, 1.807) is 6.20 Å². The number of piperidine rings is 1. The highest BCUT2D eigenvalue weighted by Crippen LogP contribution is 2.19. The number of nitrogens with zero attached hydrogens (tertiary/aromatic N) is 3. The smallest absolute Gasteiger partial charge is 0.287 e. The number of nitrogens with one attached hydrogen (secondary N) is 1. The Kier molecular flexibility index (Phi) is 5.43. The molecular formula is C14H23ClN4O. The first-order valence-electron chi connectivity index (χ1n) is 7.29. The van der Waals surface area contributed by atoms with Crippen molar-refractivity contribution >= 4 is 17.3 Å². The third-order valence-electron chi connectivity index (χ3n) is 3.72. The molecule has 1 aliphatic heterocycles. The lowest BCUT2D eigenvalue weighted by Crippen LogP contribution is -2.35. The van der Waals surface area contributed by atoms with E-state index in [1.165, 1.54) is 24.1 Å². The average Bonchev–Trinajstić information content (AvgIpc) is 2.43. The molecule has 112 valence electrons. The van der Waals surface area contributed by atoms with Crippen LogP contribution in [0.1, 0.15) is 26.2 Å². The van der Waals surface area contributed by atoms with E-state index in [2.05, 4.69) is 22.4 Å². The maximum Gasteiger partial charge on any atom is 0.287 e. The largest absolute Gasteiger partial charge is 0.382 e. The SMILES string of the molecule is CCCn1ncc(NCC2CCCN(C)C2)c(Cl)c1=O. The van der Waals surface area contributed by atoms with E-state index in [0.29, 0.717) is 18.2 Å². The van der Waals surface area contributed by atoms with Gasteiger partial charge in [-0.15, -0.1) is 0 Å². The molecule has 0 saturated carbocycles. The zero-order chi connectivity index (χ0) is 14.5. The molecule has 0 amide bonds. The number of aromatic nitrogens is 2. The number of halogens is 1. The Morgan fingerprint density at radius 2 is 2.35 bits per heavy atom. The predicted octanol–water partition coefficient (Wildman–Crippen LogP) is 2.06. The maximum absolute atomic E-state index is 12.0. The molecular weight excluding hydrogens is 276 g/mol. The van der Waals surface area contributed by atoms with Crippen LogP contribution in [0.5, 0.6) is 0 Å². The Morgan fingerprint density at radius 3 is 3.05 bits per heavy atom. The second kappa shape index (κ2) is 7.09. The summed E-state index contributed by atoms with van der Waals surface area (Å²) in [5, 5.41) is 7.68. The molecule has 1 aromatic heterocycles. The number of anilines is 1. The van der Waals surface area contributed by atoms with Crippen molar-refractivity contribution < 1.29 is 0 Å². The van der Waals surface area contributed by atoms with Crippen LogP contribution in [0.2, 0.25) is 5.02 Å². The summed E-state index contributed by atoms with van der Waals surface area (Å²) >= 11 is 6.13. The third kappa shape index (κ3) is 3.73. The van der Waals surface area contributed by atoms with Gasteiger partial charge in [0.25, 0.3) is 5.56 Å². The number of hydrogen-bond acceptors (Lipinski definition) is 4. The molecule has 20 heavy (non-hydrogen) atoms. The normalized spacial score (nSPS) is 20.1. The lowest BCUT2D eigenvalue weighted by Gasteiger charge is -2.30. The van der Waals surface area contributed by atoms with Crippen molar-refractivity contribution in [1.82, 2.24) is 14.7 Å². The van der Waals surface area contributed by atoms with Crippen molar-refractivity contribution in [2.24, 2.45) is 5.92 Å². The van der Waals surface area contributed by atoms with Crippen LogP contribution >= 0.6 is 11.6 Å². The van der Waals surface area contributed by atoms with Gasteiger partial charge in [0.2, 0.25) is 0 Å². The highest BCUT2D eigenvalue weighted by atomic mass is 35.5. The molecule has 0 bridgehead atoms. The molecule has 6 heteroatoms. The van der Waals surface area contributed by atoms with Crippen molar-refractivity contribution in [3.8, 4) is 0 Å². The number of rotatable bonds is 5. The summed E-state index contributed by atoms with van der Waals surface area (Å²) < 4.78 is 1.42. The minimum Gasteiger partial charge on any atom is -0.382 e. The molecule has 0 spiro atoms. The van der Waals surface area contributed by atoms with Crippen LogP contribution in [0.4, 0.5) is 5.69 Å². The van der Waals surface area contributed by atoms with Crippen molar-refractivity contribution in [3.63, 3.8) is 0 Å². The van der Waals surface area contributed by atoms with Crippen LogP contribution in [0.15, 0.2) is 11.0 Å². The molecule has 1 fully saturated rings. The third-order valence-corrected chi connectivity index (χ3v) is 4.09. The fraction of sp³-hybridized carbons (Fsp3) is 0.714. The van der Waals surface area contributed by atoms with Crippen LogP contribution < -0.4 is 10.9 Å². The highest BCUT2D eigenvalue weighted by molar-refractivity contribution is 6.32. The van der Waals surface area contributed by atoms with Crippen LogP contribution in [-0.4, -0.2) is 41.4 Å².